The molecule has 10 heteroatoms. The Morgan fingerprint density at radius 1 is 0.514 bits per heavy atom. The van der Waals surface area contributed by atoms with Gasteiger partial charge in [0.15, 0.2) is 0 Å². The van der Waals surface area contributed by atoms with Crippen LogP contribution in [-0.4, -0.2) is 74.3 Å². The fourth-order valence-electron chi connectivity index (χ4n) is 7.42. The highest BCUT2D eigenvalue weighted by molar-refractivity contribution is 7.47. The van der Waals surface area contributed by atoms with Crippen LogP contribution >= 0.6 is 7.82 Å². The molecule has 70 heavy (non-hydrogen) atoms. The molecule has 3 atom stereocenters. The molecule has 9 nitrogen and oxygen atoms in total. The Kier molecular flexibility index (Phi) is 47.3. The summed E-state index contributed by atoms with van der Waals surface area (Å²) in [5.74, 6) is -0.594. The van der Waals surface area contributed by atoms with Crippen LogP contribution < -0.4 is 5.32 Å². The van der Waals surface area contributed by atoms with E-state index in [2.05, 4.69) is 111 Å². The van der Waals surface area contributed by atoms with Crippen molar-refractivity contribution >= 4 is 19.7 Å². The highest BCUT2D eigenvalue weighted by Gasteiger charge is 2.30. The number of carbonyl (C=O) groups excluding carboxylic acids is 2. The molecular weight excluding hydrogens is 892 g/mol. The van der Waals surface area contributed by atoms with Crippen LogP contribution in [0.5, 0.6) is 0 Å². The highest BCUT2D eigenvalue weighted by Crippen LogP contribution is 2.43. The Morgan fingerprint density at radius 2 is 0.929 bits per heavy atom. The minimum Gasteiger partial charge on any atom is -0.456 e. The van der Waals surface area contributed by atoms with E-state index >= 15 is 0 Å². The number of likely N-dealkylation sites (N-methyl/N-ethyl adjacent to an activating group) is 1. The van der Waals surface area contributed by atoms with Crippen molar-refractivity contribution in [2.75, 3.05) is 40.9 Å². The number of quaternary nitrogens is 1. The Morgan fingerprint density at radius 3 is 1.43 bits per heavy atom. The number of allylic oxidation sites excluding steroid dienone is 15. The topological polar surface area (TPSA) is 111 Å². The Labute approximate surface area is 430 Å². The van der Waals surface area contributed by atoms with Crippen molar-refractivity contribution in [3.8, 4) is 0 Å². The van der Waals surface area contributed by atoms with Gasteiger partial charge in [-0.05, 0) is 102 Å². The van der Waals surface area contributed by atoms with Gasteiger partial charge in [-0.3, -0.25) is 18.6 Å². The predicted octanol–water partition coefficient (Wildman–Crippen LogP) is 16.8. The monoisotopic (exact) mass is 998 g/mol. The first-order chi connectivity index (χ1) is 33.9. The summed E-state index contributed by atoms with van der Waals surface area (Å²) in [5.41, 5.74) is 0. The fourth-order valence-corrected chi connectivity index (χ4v) is 8.15. The third kappa shape index (κ3) is 49.9. The Hall–Kier alpha value is -3.07. The minimum atomic E-state index is -4.46. The molecule has 0 radical (unpaired) electrons. The zero-order valence-electron chi connectivity index (χ0n) is 45.7. The molecule has 0 heterocycles. The number of nitrogens with zero attached hydrogens (tertiary/aromatic N) is 1. The fraction of sp³-hybridized carbons (Fsp3) is 0.700. The maximum Gasteiger partial charge on any atom is 0.472 e. The molecule has 0 saturated carbocycles. The van der Waals surface area contributed by atoms with E-state index in [1.54, 1.807) is 0 Å². The van der Waals surface area contributed by atoms with E-state index in [0.717, 1.165) is 109 Å². The first kappa shape index (κ1) is 66.9. The summed E-state index contributed by atoms with van der Waals surface area (Å²) < 4.78 is 30.5. The van der Waals surface area contributed by atoms with Crippen molar-refractivity contribution in [3.63, 3.8) is 0 Å². The van der Waals surface area contributed by atoms with Crippen LogP contribution in [0.1, 0.15) is 220 Å². The van der Waals surface area contributed by atoms with E-state index in [-0.39, 0.29) is 31.5 Å². The molecule has 0 aromatic rings. The number of hydrogen-bond acceptors (Lipinski definition) is 6. The molecule has 0 fully saturated rings. The second-order valence-corrected chi connectivity index (χ2v) is 21.2. The van der Waals surface area contributed by atoms with Gasteiger partial charge in [0.1, 0.15) is 19.3 Å². The minimum absolute atomic E-state index is 0.0243. The Bertz CT molecular complexity index is 1520. The smallest absolute Gasteiger partial charge is 0.456 e. The molecule has 0 bridgehead atoms. The van der Waals surface area contributed by atoms with Crippen LogP contribution in [0.3, 0.4) is 0 Å². The molecule has 1 amide bonds. The molecule has 0 rings (SSSR count). The maximum atomic E-state index is 13.5. The number of unbranched alkanes of at least 4 members (excludes halogenated alkanes) is 19. The maximum absolute atomic E-state index is 13.5. The number of ether oxygens (including phenoxy) is 1. The zero-order chi connectivity index (χ0) is 51.5. The lowest BCUT2D eigenvalue weighted by Crippen LogP contribution is -2.47. The molecule has 0 aliphatic carbocycles. The number of esters is 1. The van der Waals surface area contributed by atoms with Crippen molar-refractivity contribution in [1.82, 2.24) is 5.32 Å². The molecule has 0 aliphatic heterocycles. The predicted molar refractivity (Wildman–Crippen MR) is 300 cm³/mol. The molecule has 0 aliphatic rings. The van der Waals surface area contributed by atoms with Crippen molar-refractivity contribution in [1.29, 1.82) is 0 Å². The van der Waals surface area contributed by atoms with Crippen LogP contribution in [0.4, 0.5) is 0 Å². The van der Waals surface area contributed by atoms with Gasteiger partial charge in [-0.1, -0.05) is 202 Å². The summed E-state index contributed by atoms with van der Waals surface area (Å²) in [6.45, 7) is 6.80. The Balaban J connectivity index is 5.46. The number of phosphoric ester groups is 1. The first-order valence-electron chi connectivity index (χ1n) is 28.1. The van der Waals surface area contributed by atoms with Gasteiger partial charge >= 0.3 is 13.8 Å². The molecular formula is C60H106N2O7P+. The van der Waals surface area contributed by atoms with Crippen LogP contribution in [0.15, 0.2) is 97.2 Å². The number of amides is 1. The van der Waals surface area contributed by atoms with Crippen molar-refractivity contribution < 1.29 is 37.3 Å². The van der Waals surface area contributed by atoms with E-state index in [1.165, 1.54) is 70.6 Å². The zero-order valence-corrected chi connectivity index (χ0v) is 46.6. The molecule has 2 N–H and O–H groups in total. The first-order valence-corrected chi connectivity index (χ1v) is 29.6. The lowest BCUT2D eigenvalue weighted by atomic mass is 10.1. The summed E-state index contributed by atoms with van der Waals surface area (Å²) in [6, 6.07) is -0.881. The lowest BCUT2D eigenvalue weighted by Gasteiger charge is -2.27. The van der Waals surface area contributed by atoms with E-state index in [0.29, 0.717) is 23.9 Å². The molecule has 0 aromatic heterocycles. The van der Waals surface area contributed by atoms with Crippen LogP contribution in [0.25, 0.3) is 0 Å². The van der Waals surface area contributed by atoms with Crippen molar-refractivity contribution in [3.05, 3.63) is 97.2 Å². The van der Waals surface area contributed by atoms with Gasteiger partial charge in [-0.2, -0.15) is 0 Å². The lowest BCUT2D eigenvalue weighted by molar-refractivity contribution is -0.870. The average Bonchev–Trinajstić information content (AvgIpc) is 3.32. The summed E-state index contributed by atoms with van der Waals surface area (Å²) >= 11 is 0. The number of hydrogen-bond donors (Lipinski definition) is 2. The molecule has 3 unspecified atom stereocenters. The number of nitrogens with one attached hydrogen (secondary N) is 1. The van der Waals surface area contributed by atoms with Gasteiger partial charge in [0.25, 0.3) is 0 Å². The number of phosphoric acid groups is 1. The van der Waals surface area contributed by atoms with E-state index < -0.39 is 20.0 Å². The number of rotatable bonds is 49. The van der Waals surface area contributed by atoms with Gasteiger partial charge in [0.05, 0.1) is 33.8 Å². The van der Waals surface area contributed by atoms with Crippen molar-refractivity contribution in [2.24, 2.45) is 0 Å². The van der Waals surface area contributed by atoms with E-state index in [4.69, 9.17) is 13.8 Å². The van der Waals surface area contributed by atoms with Crippen LogP contribution in [0.2, 0.25) is 0 Å². The SMILES string of the molecule is CC/C=C/C/C=C/C/C=C/CCCCCCCCC(=O)NC(COP(=O)(O)OCC[N+](C)(C)C)C(/C=C/CCCCCCCCCCC)OC(=O)CCC/C=C\C/C=C\C/C=C\C/C=C\CCCCC. The highest BCUT2D eigenvalue weighted by atomic mass is 31.2. The molecule has 0 aromatic carbocycles. The van der Waals surface area contributed by atoms with Gasteiger partial charge in [-0.25, -0.2) is 4.57 Å². The largest absolute Gasteiger partial charge is 0.472 e. The van der Waals surface area contributed by atoms with Gasteiger partial charge in [0.2, 0.25) is 5.91 Å². The summed E-state index contributed by atoms with van der Waals surface area (Å²) in [7, 11) is 1.44. The molecule has 0 spiro atoms. The summed E-state index contributed by atoms with van der Waals surface area (Å²) in [6.07, 6.45) is 65.5. The second-order valence-electron chi connectivity index (χ2n) is 19.7. The molecule has 0 saturated heterocycles. The quantitative estimate of drug-likeness (QED) is 0.0205. The van der Waals surface area contributed by atoms with Gasteiger partial charge in [-0.15, -0.1) is 0 Å². The van der Waals surface area contributed by atoms with Crippen LogP contribution in [-0.2, 0) is 27.9 Å². The van der Waals surface area contributed by atoms with Gasteiger partial charge < -0.3 is 19.4 Å². The average molecular weight is 998 g/mol. The summed E-state index contributed by atoms with van der Waals surface area (Å²) in [4.78, 5) is 37.5. The van der Waals surface area contributed by atoms with Gasteiger partial charge in [0, 0.05) is 12.8 Å². The normalized spacial score (nSPS) is 14.6. The van der Waals surface area contributed by atoms with Crippen molar-refractivity contribution in [2.45, 2.75) is 232 Å². The third-order valence-electron chi connectivity index (χ3n) is 11.8. The van der Waals surface area contributed by atoms with E-state index in [9.17, 15) is 19.0 Å². The second kappa shape index (κ2) is 49.5. The molecule has 402 valence electrons. The number of carbonyl (C=O) groups is 2. The van der Waals surface area contributed by atoms with E-state index in [1.807, 2.05) is 33.3 Å². The third-order valence-corrected chi connectivity index (χ3v) is 12.7. The summed E-state index contributed by atoms with van der Waals surface area (Å²) in [5, 5.41) is 3.02. The van der Waals surface area contributed by atoms with Crippen LogP contribution in [0, 0.1) is 0 Å². The standard InChI is InChI=1S/C60H105N2O7P/c1-7-10-13-16-19-22-25-27-29-31-33-35-38-41-44-47-50-53-60(64)69-58(51-48-45-42-39-36-24-21-18-15-12-9-3)57(56-68-70(65,66)67-55-54-62(4,5)6)61-59(63)52-49-46-43-40-37-34-32-30-28-26-23-20-17-14-11-8-2/h11,14,19-20,22-23,27-30,33,35,41,44,48,51,57-58H,7-10,12-13,15-18,21,24-26,31-32,34,36-40,42-43,45-47,49-50,52-56H2,1-6H3,(H-,61,63,65,66)/p+1/b14-11+,22-19-,23-20+,29-27-,30-28+,35-33-,44-41-,51-48+.